The van der Waals surface area contributed by atoms with Crippen LogP contribution >= 0.6 is 0 Å². The quantitative estimate of drug-likeness (QED) is 0.604. The highest BCUT2D eigenvalue weighted by Crippen LogP contribution is 2.37. The molecule has 5 heteroatoms. The molecule has 0 bridgehead atoms. The van der Waals surface area contributed by atoms with Crippen molar-refractivity contribution in [3.63, 3.8) is 0 Å². The molecule has 1 saturated heterocycles. The van der Waals surface area contributed by atoms with E-state index in [4.69, 9.17) is 13.7 Å². The molecule has 0 saturated carbocycles. The molecule has 2 heterocycles. The molecule has 1 aromatic carbocycles. The zero-order chi connectivity index (χ0) is 18.2. The Labute approximate surface area is 149 Å². The lowest BCUT2D eigenvalue weighted by Gasteiger charge is -2.32. The number of hydrogen-bond donors (Lipinski definition) is 0. The van der Waals surface area contributed by atoms with Crippen LogP contribution in [0, 0.1) is 0 Å². The van der Waals surface area contributed by atoms with Crippen LogP contribution in [0.3, 0.4) is 0 Å². The molecule has 0 atom stereocenters. The minimum absolute atomic E-state index is 0.344. The third-order valence-electron chi connectivity index (χ3n) is 4.95. The van der Waals surface area contributed by atoms with E-state index in [0.29, 0.717) is 5.76 Å². The first kappa shape index (κ1) is 17.7. The first-order valence-electron chi connectivity index (χ1n) is 8.46. The lowest BCUT2D eigenvalue weighted by molar-refractivity contribution is 0.00578. The van der Waals surface area contributed by atoms with Crippen molar-refractivity contribution in [1.29, 1.82) is 0 Å². The summed E-state index contributed by atoms with van der Waals surface area (Å²) in [4.78, 5) is 4.01. The molecule has 130 valence electrons. The molecule has 3 rings (SSSR count). The maximum Gasteiger partial charge on any atom is 0.494 e. The maximum absolute atomic E-state index is 6.09. The standard InChI is InChI=1S/C20H24BNO3/c1-7-8-17-16(22-6)13-18(23-17)14-9-11-15(12-10-14)21-24-19(2,3)20(4,5)25-21/h7-13H,6H2,1-5H3/b8-7-. The number of nitrogens with zero attached hydrogens (tertiary/aromatic N) is 1. The molecule has 1 aliphatic rings. The third kappa shape index (κ3) is 3.22. The summed E-state index contributed by atoms with van der Waals surface area (Å²) >= 11 is 0. The molecule has 0 radical (unpaired) electrons. The summed E-state index contributed by atoms with van der Waals surface area (Å²) in [6, 6.07) is 9.93. The first-order valence-corrected chi connectivity index (χ1v) is 8.46. The highest BCUT2D eigenvalue weighted by molar-refractivity contribution is 6.62. The summed E-state index contributed by atoms with van der Waals surface area (Å²) in [5.74, 6) is 1.47. The Balaban J connectivity index is 1.85. The molecule has 0 N–H and O–H groups in total. The molecule has 25 heavy (non-hydrogen) atoms. The number of aliphatic imine (C=N–C) groups is 1. The van der Waals surface area contributed by atoms with Gasteiger partial charge in [-0.2, -0.15) is 0 Å². The average Bonchev–Trinajstić information content (AvgIpc) is 3.06. The number of hydrogen-bond acceptors (Lipinski definition) is 4. The molecule has 0 unspecified atom stereocenters. The molecule has 0 aliphatic carbocycles. The van der Waals surface area contributed by atoms with Crippen LogP contribution in [0.5, 0.6) is 0 Å². The van der Waals surface area contributed by atoms with Gasteiger partial charge in [-0.1, -0.05) is 30.3 Å². The van der Waals surface area contributed by atoms with Gasteiger partial charge in [-0.25, -0.2) is 0 Å². The fourth-order valence-electron chi connectivity index (χ4n) is 2.72. The SMILES string of the molecule is C=Nc1cc(-c2ccc(B3OC(C)(C)C(C)(C)O3)cc2)oc1/C=C\C. The fraction of sp³-hybridized carbons (Fsp3) is 0.350. The number of allylic oxidation sites excluding steroid dienone is 1. The molecule has 1 aromatic heterocycles. The molecule has 1 aliphatic heterocycles. The van der Waals surface area contributed by atoms with Crippen LogP contribution in [0.25, 0.3) is 17.4 Å². The highest BCUT2D eigenvalue weighted by atomic mass is 16.7. The Bertz CT molecular complexity index is 787. The van der Waals surface area contributed by atoms with Gasteiger partial charge < -0.3 is 13.7 Å². The smallest absolute Gasteiger partial charge is 0.454 e. The second kappa shape index (κ2) is 6.32. The van der Waals surface area contributed by atoms with Gasteiger partial charge in [0.15, 0.2) is 5.76 Å². The first-order chi connectivity index (χ1) is 11.8. The van der Waals surface area contributed by atoms with Crippen LogP contribution in [0.15, 0.2) is 45.8 Å². The number of benzene rings is 1. The molecule has 1 fully saturated rings. The van der Waals surface area contributed by atoms with E-state index in [9.17, 15) is 0 Å². The predicted octanol–water partition coefficient (Wildman–Crippen LogP) is 4.61. The lowest BCUT2D eigenvalue weighted by atomic mass is 9.79. The predicted molar refractivity (Wildman–Crippen MR) is 104 cm³/mol. The van der Waals surface area contributed by atoms with E-state index in [1.54, 1.807) is 0 Å². The maximum atomic E-state index is 6.09. The topological polar surface area (TPSA) is 44.0 Å². The van der Waals surface area contributed by atoms with Gasteiger partial charge >= 0.3 is 7.12 Å². The van der Waals surface area contributed by atoms with Gasteiger partial charge in [-0.05, 0) is 52.9 Å². The minimum atomic E-state index is -0.361. The fourth-order valence-corrected chi connectivity index (χ4v) is 2.72. The van der Waals surface area contributed by atoms with E-state index in [1.807, 2.05) is 49.4 Å². The van der Waals surface area contributed by atoms with Gasteiger partial charge in [0.25, 0.3) is 0 Å². The van der Waals surface area contributed by atoms with Crippen LogP contribution in [0.1, 0.15) is 40.4 Å². The molecule has 2 aromatic rings. The van der Waals surface area contributed by atoms with E-state index >= 15 is 0 Å². The van der Waals surface area contributed by atoms with Crippen molar-refractivity contribution in [2.45, 2.75) is 45.8 Å². The van der Waals surface area contributed by atoms with Crippen molar-refractivity contribution in [2.75, 3.05) is 0 Å². The third-order valence-corrected chi connectivity index (χ3v) is 4.95. The van der Waals surface area contributed by atoms with Crippen LogP contribution < -0.4 is 5.46 Å². The Hall–Kier alpha value is -2.11. The highest BCUT2D eigenvalue weighted by Gasteiger charge is 2.51. The number of rotatable bonds is 4. The minimum Gasteiger partial charge on any atom is -0.454 e. The molecule has 4 nitrogen and oxygen atoms in total. The van der Waals surface area contributed by atoms with Crippen LogP contribution in [-0.2, 0) is 9.31 Å². The van der Waals surface area contributed by atoms with Gasteiger partial charge in [0.2, 0.25) is 0 Å². The van der Waals surface area contributed by atoms with Crippen LogP contribution in [0.4, 0.5) is 5.69 Å². The molecule has 0 amide bonds. The molecule has 0 spiro atoms. The molecular formula is C20H24BNO3. The van der Waals surface area contributed by atoms with Crippen molar-refractivity contribution in [3.05, 3.63) is 42.2 Å². The van der Waals surface area contributed by atoms with Crippen LogP contribution in [-0.4, -0.2) is 25.0 Å². The summed E-state index contributed by atoms with van der Waals surface area (Å²) in [5, 5.41) is 0. The van der Waals surface area contributed by atoms with Crippen LogP contribution in [0.2, 0.25) is 0 Å². The summed E-state index contributed by atoms with van der Waals surface area (Å²) in [7, 11) is -0.361. The van der Waals surface area contributed by atoms with Crippen molar-refractivity contribution in [1.82, 2.24) is 0 Å². The van der Waals surface area contributed by atoms with E-state index < -0.39 is 0 Å². The van der Waals surface area contributed by atoms with Crippen molar-refractivity contribution >= 4 is 31.1 Å². The second-order valence-electron chi connectivity index (χ2n) is 7.23. The van der Waals surface area contributed by atoms with Gasteiger partial charge in [0.05, 0.1) is 11.2 Å². The van der Waals surface area contributed by atoms with E-state index in [0.717, 1.165) is 22.5 Å². The zero-order valence-electron chi connectivity index (χ0n) is 15.5. The van der Waals surface area contributed by atoms with Gasteiger partial charge in [-0.3, -0.25) is 4.99 Å². The normalized spacial score (nSPS) is 18.8. The monoisotopic (exact) mass is 337 g/mol. The Morgan fingerprint density at radius 2 is 1.64 bits per heavy atom. The Morgan fingerprint density at radius 1 is 1.04 bits per heavy atom. The van der Waals surface area contributed by atoms with E-state index in [2.05, 4.69) is 39.4 Å². The lowest BCUT2D eigenvalue weighted by Crippen LogP contribution is -2.41. The largest absolute Gasteiger partial charge is 0.494 e. The summed E-state index contributed by atoms with van der Waals surface area (Å²) < 4.78 is 18.1. The van der Waals surface area contributed by atoms with Gasteiger partial charge in [0, 0.05) is 11.6 Å². The van der Waals surface area contributed by atoms with Gasteiger partial charge in [-0.15, -0.1) is 0 Å². The van der Waals surface area contributed by atoms with Crippen molar-refractivity contribution < 1.29 is 13.7 Å². The summed E-state index contributed by atoms with van der Waals surface area (Å²) in [5.41, 5.74) is 2.01. The second-order valence-corrected chi connectivity index (χ2v) is 7.23. The molecular weight excluding hydrogens is 313 g/mol. The summed E-state index contributed by atoms with van der Waals surface area (Å²) in [6.45, 7) is 13.7. The van der Waals surface area contributed by atoms with Crippen molar-refractivity contribution in [3.8, 4) is 11.3 Å². The van der Waals surface area contributed by atoms with E-state index in [-0.39, 0.29) is 18.3 Å². The van der Waals surface area contributed by atoms with Gasteiger partial charge in [0.1, 0.15) is 11.4 Å². The Kier molecular flexibility index (Phi) is 4.48. The summed E-state index contributed by atoms with van der Waals surface area (Å²) in [6.07, 6.45) is 3.80. The zero-order valence-corrected chi connectivity index (χ0v) is 15.5. The van der Waals surface area contributed by atoms with E-state index in [1.165, 1.54) is 0 Å². The number of furan rings is 1. The Morgan fingerprint density at radius 3 is 2.16 bits per heavy atom. The van der Waals surface area contributed by atoms with Crippen molar-refractivity contribution in [2.24, 2.45) is 4.99 Å². The average molecular weight is 337 g/mol.